The number of aromatic nitrogens is 1. The molecule has 2 heterocycles. The molecule has 17 heavy (non-hydrogen) atoms. The van der Waals surface area contributed by atoms with E-state index in [1.54, 1.807) is 13.3 Å². The van der Waals surface area contributed by atoms with Crippen molar-refractivity contribution in [3.05, 3.63) is 23.9 Å². The average Bonchev–Trinajstić information content (AvgIpc) is 2.39. The first-order valence-electron chi connectivity index (χ1n) is 6.08. The lowest BCUT2D eigenvalue weighted by atomic mass is 9.95. The van der Waals surface area contributed by atoms with E-state index in [-0.39, 0.29) is 12.7 Å². The van der Waals surface area contributed by atoms with E-state index in [0.717, 1.165) is 30.9 Å². The predicted octanol–water partition coefficient (Wildman–Crippen LogP) is 1.44. The Morgan fingerprint density at radius 1 is 1.59 bits per heavy atom. The van der Waals surface area contributed by atoms with Crippen molar-refractivity contribution in [1.82, 2.24) is 4.98 Å². The molecule has 0 radical (unpaired) electrons. The highest BCUT2D eigenvalue weighted by molar-refractivity contribution is 5.46. The lowest BCUT2D eigenvalue weighted by molar-refractivity contribution is 0.0495. The fourth-order valence-electron chi connectivity index (χ4n) is 2.37. The normalized spacial score (nSPS) is 25.0. The molecular formula is C13H20N2O2. The topological polar surface area (TPSA) is 45.6 Å². The Morgan fingerprint density at radius 2 is 2.41 bits per heavy atom. The molecule has 1 saturated heterocycles. The number of hydrogen-bond acceptors (Lipinski definition) is 4. The van der Waals surface area contributed by atoms with Gasteiger partial charge in [-0.25, -0.2) is 4.98 Å². The monoisotopic (exact) mass is 236 g/mol. The number of anilines is 1. The third-order valence-electron chi connectivity index (χ3n) is 3.53. The second kappa shape index (κ2) is 5.47. The second-order valence-electron chi connectivity index (χ2n) is 4.63. The highest BCUT2D eigenvalue weighted by Gasteiger charge is 2.27. The van der Waals surface area contributed by atoms with Crippen molar-refractivity contribution >= 4 is 5.82 Å². The Balaban J connectivity index is 2.17. The zero-order valence-electron chi connectivity index (χ0n) is 10.5. The standard InChI is InChI=1S/C13H20N2O2/c1-10-5-7-15(8-12(10)17-2)13-11(9-16)4-3-6-14-13/h3-4,6,10,12,16H,5,7-9H2,1-2H3. The lowest BCUT2D eigenvalue weighted by Crippen LogP contribution is -2.44. The number of rotatable bonds is 3. The highest BCUT2D eigenvalue weighted by Crippen LogP contribution is 2.25. The Morgan fingerprint density at radius 3 is 3.12 bits per heavy atom. The van der Waals surface area contributed by atoms with E-state index in [1.807, 2.05) is 12.1 Å². The van der Waals surface area contributed by atoms with Gasteiger partial charge in [0, 0.05) is 32.0 Å². The molecule has 1 aliphatic heterocycles. The summed E-state index contributed by atoms with van der Waals surface area (Å²) in [6, 6.07) is 3.78. The van der Waals surface area contributed by atoms with Gasteiger partial charge in [-0.15, -0.1) is 0 Å². The van der Waals surface area contributed by atoms with Crippen LogP contribution in [-0.2, 0) is 11.3 Å². The van der Waals surface area contributed by atoms with Gasteiger partial charge in [0.25, 0.3) is 0 Å². The van der Waals surface area contributed by atoms with E-state index >= 15 is 0 Å². The fraction of sp³-hybridized carbons (Fsp3) is 0.615. The van der Waals surface area contributed by atoms with Crippen molar-refractivity contribution in [3.63, 3.8) is 0 Å². The minimum Gasteiger partial charge on any atom is -0.392 e. The van der Waals surface area contributed by atoms with Crippen LogP contribution < -0.4 is 4.90 Å². The third kappa shape index (κ3) is 2.58. The van der Waals surface area contributed by atoms with E-state index in [4.69, 9.17) is 4.74 Å². The van der Waals surface area contributed by atoms with Crippen LogP contribution in [0.1, 0.15) is 18.9 Å². The fourth-order valence-corrected chi connectivity index (χ4v) is 2.37. The van der Waals surface area contributed by atoms with Gasteiger partial charge in [-0.05, 0) is 18.4 Å². The molecule has 0 amide bonds. The zero-order chi connectivity index (χ0) is 12.3. The van der Waals surface area contributed by atoms with Gasteiger partial charge in [-0.3, -0.25) is 0 Å². The Hall–Kier alpha value is -1.13. The van der Waals surface area contributed by atoms with Crippen LogP contribution in [0.15, 0.2) is 18.3 Å². The molecule has 2 unspecified atom stereocenters. The molecule has 1 aromatic rings. The van der Waals surface area contributed by atoms with Crippen molar-refractivity contribution in [2.24, 2.45) is 5.92 Å². The first kappa shape index (κ1) is 12.3. The molecule has 4 nitrogen and oxygen atoms in total. The minimum atomic E-state index is 0.0346. The summed E-state index contributed by atoms with van der Waals surface area (Å²) in [6.45, 7) is 4.08. The molecule has 94 valence electrons. The summed E-state index contributed by atoms with van der Waals surface area (Å²) in [5, 5.41) is 9.33. The van der Waals surface area contributed by atoms with E-state index in [2.05, 4.69) is 16.8 Å². The van der Waals surface area contributed by atoms with Gasteiger partial charge in [0.1, 0.15) is 5.82 Å². The maximum atomic E-state index is 9.33. The van der Waals surface area contributed by atoms with E-state index in [1.165, 1.54) is 0 Å². The van der Waals surface area contributed by atoms with Crippen molar-refractivity contribution in [1.29, 1.82) is 0 Å². The number of aliphatic hydroxyl groups excluding tert-OH is 1. The molecule has 0 spiro atoms. The second-order valence-corrected chi connectivity index (χ2v) is 4.63. The first-order chi connectivity index (χ1) is 8.26. The lowest BCUT2D eigenvalue weighted by Gasteiger charge is -2.37. The molecule has 1 aromatic heterocycles. The van der Waals surface area contributed by atoms with E-state index in [0.29, 0.717) is 5.92 Å². The quantitative estimate of drug-likeness (QED) is 0.862. The number of pyridine rings is 1. The molecule has 1 N–H and O–H groups in total. The number of nitrogens with zero attached hydrogens (tertiary/aromatic N) is 2. The number of ether oxygens (including phenoxy) is 1. The highest BCUT2D eigenvalue weighted by atomic mass is 16.5. The predicted molar refractivity (Wildman–Crippen MR) is 67.0 cm³/mol. The summed E-state index contributed by atoms with van der Waals surface area (Å²) in [5.41, 5.74) is 0.886. The molecule has 1 fully saturated rings. The molecule has 4 heteroatoms. The van der Waals surface area contributed by atoms with Crippen LogP contribution in [0.25, 0.3) is 0 Å². The van der Waals surface area contributed by atoms with Crippen LogP contribution >= 0.6 is 0 Å². The molecule has 0 saturated carbocycles. The van der Waals surface area contributed by atoms with Crippen molar-refractivity contribution in [3.8, 4) is 0 Å². The van der Waals surface area contributed by atoms with E-state index < -0.39 is 0 Å². The summed E-state index contributed by atoms with van der Waals surface area (Å²) in [6.07, 6.45) is 3.12. The summed E-state index contributed by atoms with van der Waals surface area (Å²) in [4.78, 5) is 6.59. The molecular weight excluding hydrogens is 216 g/mol. The van der Waals surface area contributed by atoms with E-state index in [9.17, 15) is 5.11 Å². The van der Waals surface area contributed by atoms with Crippen LogP contribution in [0.3, 0.4) is 0 Å². The maximum Gasteiger partial charge on any atom is 0.134 e. The van der Waals surface area contributed by atoms with Crippen LogP contribution in [0, 0.1) is 5.92 Å². The minimum absolute atomic E-state index is 0.0346. The smallest absolute Gasteiger partial charge is 0.134 e. The van der Waals surface area contributed by atoms with Crippen molar-refractivity contribution in [2.75, 3.05) is 25.1 Å². The molecule has 0 aromatic carbocycles. The van der Waals surface area contributed by atoms with Gasteiger partial charge < -0.3 is 14.7 Å². The van der Waals surface area contributed by atoms with Crippen molar-refractivity contribution in [2.45, 2.75) is 26.1 Å². The molecule has 0 aliphatic carbocycles. The Kier molecular flexibility index (Phi) is 3.97. The largest absolute Gasteiger partial charge is 0.392 e. The van der Waals surface area contributed by atoms with Crippen LogP contribution in [0.2, 0.25) is 0 Å². The maximum absolute atomic E-state index is 9.33. The number of hydrogen-bond donors (Lipinski definition) is 1. The zero-order valence-corrected chi connectivity index (χ0v) is 10.5. The number of methoxy groups -OCH3 is 1. The number of aliphatic hydroxyl groups is 1. The van der Waals surface area contributed by atoms with Gasteiger partial charge in [0.2, 0.25) is 0 Å². The summed E-state index contributed by atoms with van der Waals surface area (Å²) >= 11 is 0. The third-order valence-corrected chi connectivity index (χ3v) is 3.53. The summed E-state index contributed by atoms with van der Waals surface area (Å²) < 4.78 is 5.50. The molecule has 1 aliphatic rings. The average molecular weight is 236 g/mol. The van der Waals surface area contributed by atoms with Gasteiger partial charge in [0.05, 0.1) is 12.7 Å². The first-order valence-corrected chi connectivity index (χ1v) is 6.08. The summed E-state index contributed by atoms with van der Waals surface area (Å²) in [7, 11) is 1.76. The SMILES string of the molecule is COC1CN(c2ncccc2CO)CCC1C. The number of piperidine rings is 1. The van der Waals surface area contributed by atoms with Gasteiger partial charge >= 0.3 is 0 Å². The molecule has 0 bridgehead atoms. The van der Waals surface area contributed by atoms with Crippen LogP contribution in [-0.4, -0.2) is 36.4 Å². The molecule has 2 rings (SSSR count). The van der Waals surface area contributed by atoms with Crippen LogP contribution in [0.5, 0.6) is 0 Å². The van der Waals surface area contributed by atoms with Gasteiger partial charge in [-0.1, -0.05) is 13.0 Å². The molecule has 2 atom stereocenters. The Labute approximate surface area is 102 Å². The van der Waals surface area contributed by atoms with Gasteiger partial charge in [-0.2, -0.15) is 0 Å². The Bertz CT molecular complexity index is 370. The summed E-state index contributed by atoms with van der Waals surface area (Å²) in [5.74, 6) is 1.47. The van der Waals surface area contributed by atoms with Crippen LogP contribution in [0.4, 0.5) is 5.82 Å². The van der Waals surface area contributed by atoms with Gasteiger partial charge in [0.15, 0.2) is 0 Å². The van der Waals surface area contributed by atoms with Crippen molar-refractivity contribution < 1.29 is 9.84 Å².